The van der Waals surface area contributed by atoms with Gasteiger partial charge in [-0.05, 0) is 53.6 Å². The number of rotatable bonds is 22. The van der Waals surface area contributed by atoms with E-state index in [4.69, 9.17) is 9.47 Å². The summed E-state index contributed by atoms with van der Waals surface area (Å²) in [7, 11) is 0. The van der Waals surface area contributed by atoms with Crippen LogP contribution in [0.25, 0.3) is 21.8 Å². The SMILES string of the molecule is CCCCC(CCCCCNC(=O)C(Cc1c[nH]c2ccccc12)NC(=O)OCc1ccccc1)NC(=O)C(Cc1c[nH]c2ccccc12)NC(=O)OCc1ccccc1. The number of amides is 4. The van der Waals surface area contributed by atoms with Gasteiger partial charge in [0.1, 0.15) is 25.3 Å². The Hall–Kier alpha value is -6.56. The van der Waals surface area contributed by atoms with Gasteiger partial charge in [0.15, 0.2) is 0 Å². The van der Waals surface area contributed by atoms with Gasteiger partial charge in [-0.2, -0.15) is 0 Å². The van der Waals surface area contributed by atoms with Gasteiger partial charge in [-0.3, -0.25) is 9.59 Å². The van der Waals surface area contributed by atoms with Crippen molar-refractivity contribution in [1.82, 2.24) is 31.2 Å². The zero-order valence-electron chi connectivity index (χ0n) is 34.2. The summed E-state index contributed by atoms with van der Waals surface area (Å²) in [4.78, 5) is 59.9. The van der Waals surface area contributed by atoms with Crippen molar-refractivity contribution < 1.29 is 28.7 Å². The van der Waals surface area contributed by atoms with E-state index in [9.17, 15) is 19.2 Å². The number of alkyl carbamates (subject to hydrolysis) is 2. The number of carbonyl (C=O) groups excluding carboxylic acids is 4. The van der Waals surface area contributed by atoms with Gasteiger partial charge in [0.25, 0.3) is 0 Å². The van der Waals surface area contributed by atoms with E-state index in [1.807, 2.05) is 122 Å². The smallest absolute Gasteiger partial charge is 0.408 e. The molecule has 0 saturated heterocycles. The lowest BCUT2D eigenvalue weighted by molar-refractivity contribution is -0.124. The fourth-order valence-corrected chi connectivity index (χ4v) is 7.34. The van der Waals surface area contributed by atoms with E-state index in [1.54, 1.807) is 0 Å². The molecule has 12 nitrogen and oxygen atoms in total. The molecule has 3 atom stereocenters. The van der Waals surface area contributed by atoms with E-state index in [0.29, 0.717) is 6.54 Å². The molecule has 2 aromatic heterocycles. The van der Waals surface area contributed by atoms with Crippen LogP contribution in [0.1, 0.15) is 74.1 Å². The summed E-state index contributed by atoms with van der Waals surface area (Å²) < 4.78 is 11.0. The number of unbranched alkanes of at least 4 members (excludes halogenated alkanes) is 3. The molecule has 0 aliphatic heterocycles. The number of aromatic nitrogens is 2. The monoisotopic (exact) mass is 812 g/mol. The molecule has 0 aliphatic carbocycles. The average Bonchev–Trinajstić information content (AvgIpc) is 3.89. The van der Waals surface area contributed by atoms with Crippen LogP contribution < -0.4 is 21.3 Å². The van der Waals surface area contributed by atoms with Crippen LogP contribution in [0.3, 0.4) is 0 Å². The maximum absolute atomic E-state index is 14.0. The summed E-state index contributed by atoms with van der Waals surface area (Å²) in [5.41, 5.74) is 5.45. The minimum atomic E-state index is -0.853. The minimum absolute atomic E-state index is 0.0914. The summed E-state index contributed by atoms with van der Waals surface area (Å²) >= 11 is 0. The third-order valence-electron chi connectivity index (χ3n) is 10.6. The number of benzene rings is 4. The lowest BCUT2D eigenvalue weighted by Crippen LogP contribution is -2.50. The van der Waals surface area contributed by atoms with Crippen molar-refractivity contribution in [3.63, 3.8) is 0 Å². The lowest BCUT2D eigenvalue weighted by atomic mass is 10.0. The molecule has 6 aromatic rings. The van der Waals surface area contributed by atoms with E-state index in [2.05, 4.69) is 38.2 Å². The molecule has 0 radical (unpaired) electrons. The highest BCUT2D eigenvalue weighted by atomic mass is 16.6. The third-order valence-corrected chi connectivity index (χ3v) is 10.6. The fraction of sp³-hybridized carbons (Fsp3) is 0.333. The second-order valence-electron chi connectivity index (χ2n) is 15.1. The largest absolute Gasteiger partial charge is 0.445 e. The summed E-state index contributed by atoms with van der Waals surface area (Å²) in [5, 5.41) is 13.9. The Balaban J connectivity index is 1.01. The van der Waals surface area contributed by atoms with Crippen molar-refractivity contribution in [2.75, 3.05) is 6.54 Å². The summed E-state index contributed by atoms with van der Waals surface area (Å²) in [6, 6.07) is 32.7. The second-order valence-corrected chi connectivity index (χ2v) is 15.1. The molecule has 6 N–H and O–H groups in total. The van der Waals surface area contributed by atoms with Gasteiger partial charge in [-0.15, -0.1) is 0 Å². The van der Waals surface area contributed by atoms with E-state index < -0.39 is 24.3 Å². The minimum Gasteiger partial charge on any atom is -0.445 e. The standard InChI is InChI=1S/C48H56N6O6/c1-2-3-21-38(52-46(56)44(29-37-31-51-42-26-15-13-24-40(37)42)54-48(58)60-33-35-19-9-5-10-20-35)22-11-6-16-27-49-45(55)43(28-36-30-50-41-25-14-12-23-39(36)41)53-47(57)59-32-34-17-7-4-8-18-34/h4-5,7-10,12-15,17-20,23-26,30-31,38,43-44,50-51H,2-3,6,11,16,21-22,27-29,32-33H2,1H3,(H,49,55)(H,52,56)(H,53,57)(H,54,58). The first-order valence-corrected chi connectivity index (χ1v) is 21.0. The second kappa shape index (κ2) is 22.6. The van der Waals surface area contributed by atoms with Gasteiger partial charge in [-0.25, -0.2) is 9.59 Å². The molecule has 0 aliphatic rings. The molecular formula is C48H56N6O6. The van der Waals surface area contributed by atoms with Crippen molar-refractivity contribution in [2.45, 2.75) is 96.1 Å². The van der Waals surface area contributed by atoms with Crippen molar-refractivity contribution >= 4 is 45.8 Å². The van der Waals surface area contributed by atoms with Crippen LogP contribution in [0.4, 0.5) is 9.59 Å². The lowest BCUT2D eigenvalue weighted by Gasteiger charge is -2.24. The predicted molar refractivity (Wildman–Crippen MR) is 234 cm³/mol. The Morgan fingerprint density at radius 2 is 1.03 bits per heavy atom. The third kappa shape index (κ3) is 13.0. The van der Waals surface area contributed by atoms with Crippen molar-refractivity contribution in [1.29, 1.82) is 0 Å². The summed E-state index contributed by atoms with van der Waals surface area (Å²) in [6.45, 7) is 2.74. The van der Waals surface area contributed by atoms with E-state index in [-0.39, 0.29) is 43.9 Å². The number of aromatic amines is 2. The first-order valence-electron chi connectivity index (χ1n) is 21.0. The first-order chi connectivity index (χ1) is 29.4. The van der Waals surface area contributed by atoms with Crippen molar-refractivity contribution in [3.8, 4) is 0 Å². The molecule has 0 saturated carbocycles. The number of H-pyrrole nitrogens is 2. The van der Waals surface area contributed by atoms with Crippen LogP contribution >= 0.6 is 0 Å². The zero-order chi connectivity index (χ0) is 41.9. The van der Waals surface area contributed by atoms with Gasteiger partial charge in [-0.1, -0.05) is 130 Å². The molecule has 3 unspecified atom stereocenters. The van der Waals surface area contributed by atoms with Gasteiger partial charge in [0.05, 0.1) is 0 Å². The Labute approximate surface area is 351 Å². The number of carbonyl (C=O) groups is 4. The normalized spacial score (nSPS) is 12.6. The molecule has 60 heavy (non-hydrogen) atoms. The summed E-state index contributed by atoms with van der Waals surface area (Å²) in [6.07, 6.45) is 8.85. The molecule has 4 amide bonds. The Bertz CT molecular complexity index is 2270. The molecule has 0 bridgehead atoms. The van der Waals surface area contributed by atoms with Gasteiger partial charge in [0.2, 0.25) is 11.8 Å². The molecule has 6 rings (SSSR count). The number of nitrogens with one attached hydrogen (secondary N) is 6. The summed E-state index contributed by atoms with van der Waals surface area (Å²) in [5.74, 6) is -0.553. The van der Waals surface area contributed by atoms with E-state index in [1.165, 1.54) is 0 Å². The molecule has 12 heteroatoms. The molecule has 2 heterocycles. The number of para-hydroxylation sites is 2. The number of ether oxygens (including phenoxy) is 2. The number of hydrogen-bond donors (Lipinski definition) is 6. The van der Waals surface area contributed by atoms with E-state index >= 15 is 0 Å². The van der Waals surface area contributed by atoms with E-state index in [0.717, 1.165) is 89.0 Å². The van der Waals surface area contributed by atoms with Crippen LogP contribution in [0.5, 0.6) is 0 Å². The van der Waals surface area contributed by atoms with Crippen molar-refractivity contribution in [2.24, 2.45) is 0 Å². The molecular weight excluding hydrogens is 757 g/mol. The van der Waals surface area contributed by atoms with Crippen LogP contribution in [0.15, 0.2) is 122 Å². The topological polar surface area (TPSA) is 166 Å². The molecule has 314 valence electrons. The Morgan fingerprint density at radius 3 is 1.57 bits per heavy atom. The average molecular weight is 813 g/mol. The predicted octanol–water partition coefficient (Wildman–Crippen LogP) is 8.38. The maximum Gasteiger partial charge on any atom is 0.408 e. The first kappa shape index (κ1) is 43.0. The number of hydrogen-bond acceptors (Lipinski definition) is 6. The highest BCUT2D eigenvalue weighted by Gasteiger charge is 2.26. The van der Waals surface area contributed by atoms with Crippen LogP contribution in [0.2, 0.25) is 0 Å². The van der Waals surface area contributed by atoms with Crippen LogP contribution in [0, 0.1) is 0 Å². The quantitative estimate of drug-likeness (QED) is 0.0377. The Morgan fingerprint density at radius 1 is 0.550 bits per heavy atom. The Kier molecular flexibility index (Phi) is 16.2. The highest BCUT2D eigenvalue weighted by molar-refractivity contribution is 5.89. The molecule has 4 aromatic carbocycles. The molecule has 0 spiro atoms. The number of fused-ring (bicyclic) bond motifs is 2. The van der Waals surface area contributed by atoms with Crippen molar-refractivity contribution in [3.05, 3.63) is 144 Å². The van der Waals surface area contributed by atoms with Crippen LogP contribution in [-0.2, 0) is 45.1 Å². The van der Waals surface area contributed by atoms with Gasteiger partial charge in [0, 0.05) is 59.6 Å². The molecule has 0 fully saturated rings. The maximum atomic E-state index is 14.0. The van der Waals surface area contributed by atoms with Gasteiger partial charge < -0.3 is 40.7 Å². The zero-order valence-corrected chi connectivity index (χ0v) is 34.2. The highest BCUT2D eigenvalue weighted by Crippen LogP contribution is 2.21. The fourth-order valence-electron chi connectivity index (χ4n) is 7.34. The van der Waals surface area contributed by atoms with Gasteiger partial charge >= 0.3 is 12.2 Å². The van der Waals surface area contributed by atoms with Crippen LogP contribution in [-0.4, -0.2) is 58.6 Å².